The van der Waals surface area contributed by atoms with Crippen molar-refractivity contribution in [1.82, 2.24) is 14.3 Å². The zero-order chi connectivity index (χ0) is 34.4. The summed E-state index contributed by atoms with van der Waals surface area (Å²) < 4.78 is 4.43. The average molecular weight is 664 g/mol. The van der Waals surface area contributed by atoms with Crippen LogP contribution in [0.5, 0.6) is 0 Å². The quantitative estimate of drug-likeness (QED) is 0.174. The van der Waals surface area contributed by atoms with Crippen LogP contribution in [-0.2, 0) is 0 Å². The fraction of sp³-hybridized carbons (Fsp3) is 0. The van der Waals surface area contributed by atoms with E-state index in [4.69, 9.17) is 5.10 Å². The topological polar surface area (TPSA) is 22.8 Å². The third kappa shape index (κ3) is 5.10. The molecule has 10 aromatic rings. The first-order chi connectivity index (χ1) is 25.8. The molecule has 0 atom stereocenters. The molecule has 10 rings (SSSR count). The van der Waals surface area contributed by atoms with E-state index >= 15 is 0 Å². The Labute approximate surface area is 302 Å². The van der Waals surface area contributed by atoms with Gasteiger partial charge in [-0.2, -0.15) is 5.10 Å². The van der Waals surface area contributed by atoms with E-state index in [0.717, 1.165) is 33.9 Å². The number of aromatic nitrogens is 3. The van der Waals surface area contributed by atoms with Crippen LogP contribution < -0.4 is 0 Å². The van der Waals surface area contributed by atoms with E-state index in [1.807, 2.05) is 6.07 Å². The summed E-state index contributed by atoms with van der Waals surface area (Å²) in [6, 6.07) is 71.5. The third-order valence-corrected chi connectivity index (χ3v) is 10.2. The van der Waals surface area contributed by atoms with Crippen LogP contribution in [0.4, 0.5) is 0 Å². The van der Waals surface area contributed by atoms with Gasteiger partial charge in [-0.3, -0.25) is 0 Å². The highest BCUT2D eigenvalue weighted by atomic mass is 15.3. The molecule has 0 aliphatic rings. The van der Waals surface area contributed by atoms with Crippen molar-refractivity contribution in [2.75, 3.05) is 0 Å². The monoisotopic (exact) mass is 663 g/mol. The normalized spacial score (nSPS) is 11.5. The lowest BCUT2D eigenvalue weighted by Gasteiger charge is -2.12. The number of rotatable bonds is 6. The Balaban J connectivity index is 1.03. The van der Waals surface area contributed by atoms with Gasteiger partial charge >= 0.3 is 0 Å². The van der Waals surface area contributed by atoms with Crippen LogP contribution in [0.25, 0.3) is 88.7 Å². The van der Waals surface area contributed by atoms with Gasteiger partial charge in [-0.15, -0.1) is 0 Å². The fourth-order valence-electron chi connectivity index (χ4n) is 7.64. The fourth-order valence-corrected chi connectivity index (χ4v) is 7.64. The molecule has 0 spiro atoms. The molecule has 0 N–H and O–H groups in total. The molecule has 0 unspecified atom stereocenters. The van der Waals surface area contributed by atoms with Crippen molar-refractivity contribution in [1.29, 1.82) is 0 Å². The molecule has 244 valence electrons. The lowest BCUT2D eigenvalue weighted by atomic mass is 9.96. The average Bonchev–Trinajstić information content (AvgIpc) is 3.82. The molecular weight excluding hydrogens is 631 g/mol. The summed E-state index contributed by atoms with van der Waals surface area (Å²) in [5.74, 6) is 0. The van der Waals surface area contributed by atoms with Gasteiger partial charge in [0.1, 0.15) is 0 Å². The van der Waals surface area contributed by atoms with E-state index in [1.165, 1.54) is 54.8 Å². The predicted molar refractivity (Wildman–Crippen MR) is 217 cm³/mol. The molecule has 3 nitrogen and oxygen atoms in total. The SMILES string of the molecule is c1ccc(-c2cc(-c3ccccc3)n(-c3ccc(-n4c5ccccc5c5cc(-c6ccc(-c7cccc8ccccc78)cc6)ccc54)cc3)n2)cc1. The lowest BCUT2D eigenvalue weighted by molar-refractivity contribution is 0.891. The van der Waals surface area contributed by atoms with Gasteiger partial charge in [0, 0.05) is 27.6 Å². The second-order valence-corrected chi connectivity index (χ2v) is 13.3. The highest BCUT2D eigenvalue weighted by Crippen LogP contribution is 2.37. The lowest BCUT2D eigenvalue weighted by Crippen LogP contribution is -2.00. The van der Waals surface area contributed by atoms with Gasteiger partial charge in [0.25, 0.3) is 0 Å². The van der Waals surface area contributed by atoms with E-state index in [0.29, 0.717) is 0 Å². The minimum atomic E-state index is 0.949. The molecule has 0 fully saturated rings. The van der Waals surface area contributed by atoms with Gasteiger partial charge in [0.2, 0.25) is 0 Å². The molecular formula is C49H33N3. The van der Waals surface area contributed by atoms with E-state index < -0.39 is 0 Å². The van der Waals surface area contributed by atoms with Crippen molar-refractivity contribution in [3.63, 3.8) is 0 Å². The number of para-hydroxylation sites is 1. The Bertz CT molecular complexity index is 2860. The van der Waals surface area contributed by atoms with Crippen LogP contribution in [0.15, 0.2) is 200 Å². The minimum absolute atomic E-state index is 0.949. The molecule has 52 heavy (non-hydrogen) atoms. The standard InChI is InChI=1S/C49H33N3/c1-3-13-37(14-4-1)46-33-49(38-15-5-2-6-16-38)52(50-46)41-29-27-40(28-30-41)51-47-21-10-9-19-44(47)45-32-39(26-31-48(45)51)34-22-24-36(25-23-34)43-20-11-17-35-12-7-8-18-42(35)43/h1-33H. The van der Waals surface area contributed by atoms with Gasteiger partial charge in [0.05, 0.1) is 28.1 Å². The molecule has 0 saturated heterocycles. The first kappa shape index (κ1) is 29.9. The zero-order valence-corrected chi connectivity index (χ0v) is 28.4. The van der Waals surface area contributed by atoms with Crippen molar-refractivity contribution in [2.45, 2.75) is 0 Å². The van der Waals surface area contributed by atoms with Crippen LogP contribution in [0.3, 0.4) is 0 Å². The second kappa shape index (κ2) is 12.4. The second-order valence-electron chi connectivity index (χ2n) is 13.3. The van der Waals surface area contributed by atoms with Crippen molar-refractivity contribution in [2.24, 2.45) is 0 Å². The Hall–Kier alpha value is -6.97. The largest absolute Gasteiger partial charge is 0.309 e. The van der Waals surface area contributed by atoms with E-state index in [2.05, 4.69) is 203 Å². The van der Waals surface area contributed by atoms with Crippen LogP contribution >= 0.6 is 0 Å². The van der Waals surface area contributed by atoms with E-state index in [-0.39, 0.29) is 0 Å². The Kier molecular flexibility index (Phi) is 7.14. The van der Waals surface area contributed by atoms with Gasteiger partial charge in [-0.05, 0) is 81.6 Å². The summed E-state index contributed by atoms with van der Waals surface area (Å²) in [5, 5.41) is 10.1. The van der Waals surface area contributed by atoms with Crippen molar-refractivity contribution in [3.05, 3.63) is 200 Å². The molecule has 3 heteroatoms. The highest BCUT2D eigenvalue weighted by molar-refractivity contribution is 6.10. The number of hydrogen-bond donors (Lipinski definition) is 0. The van der Waals surface area contributed by atoms with Crippen molar-refractivity contribution in [3.8, 4) is 56.1 Å². The van der Waals surface area contributed by atoms with Crippen LogP contribution in [0.2, 0.25) is 0 Å². The maximum atomic E-state index is 5.10. The van der Waals surface area contributed by atoms with Gasteiger partial charge < -0.3 is 4.57 Å². The summed E-state index contributed by atoms with van der Waals surface area (Å²) in [4.78, 5) is 0. The minimum Gasteiger partial charge on any atom is -0.309 e. The molecule has 2 heterocycles. The molecule has 0 amide bonds. The van der Waals surface area contributed by atoms with Gasteiger partial charge in [-0.25, -0.2) is 4.68 Å². The maximum absolute atomic E-state index is 5.10. The summed E-state index contributed by atoms with van der Waals surface area (Å²) in [6.07, 6.45) is 0. The van der Waals surface area contributed by atoms with E-state index in [9.17, 15) is 0 Å². The number of nitrogens with zero attached hydrogens (tertiary/aromatic N) is 3. The molecule has 0 aliphatic carbocycles. The highest BCUT2D eigenvalue weighted by Gasteiger charge is 2.16. The molecule has 0 bridgehead atoms. The van der Waals surface area contributed by atoms with E-state index in [1.54, 1.807) is 0 Å². The third-order valence-electron chi connectivity index (χ3n) is 10.2. The number of benzene rings is 8. The van der Waals surface area contributed by atoms with Crippen LogP contribution in [0, 0.1) is 0 Å². The number of fused-ring (bicyclic) bond motifs is 4. The summed E-state index contributed by atoms with van der Waals surface area (Å²) in [7, 11) is 0. The summed E-state index contributed by atoms with van der Waals surface area (Å²) in [5.41, 5.74) is 13.6. The van der Waals surface area contributed by atoms with Crippen LogP contribution in [0.1, 0.15) is 0 Å². The molecule has 0 radical (unpaired) electrons. The summed E-state index contributed by atoms with van der Waals surface area (Å²) >= 11 is 0. The first-order valence-corrected chi connectivity index (χ1v) is 17.7. The zero-order valence-electron chi connectivity index (χ0n) is 28.4. The predicted octanol–water partition coefficient (Wildman–Crippen LogP) is 12.8. The molecule has 2 aromatic heterocycles. The first-order valence-electron chi connectivity index (χ1n) is 17.7. The Morgan fingerprint density at radius 3 is 1.73 bits per heavy atom. The summed E-state index contributed by atoms with van der Waals surface area (Å²) in [6.45, 7) is 0. The van der Waals surface area contributed by atoms with Crippen LogP contribution in [-0.4, -0.2) is 14.3 Å². The number of hydrogen-bond acceptors (Lipinski definition) is 1. The van der Waals surface area contributed by atoms with Gasteiger partial charge in [0.15, 0.2) is 0 Å². The molecule has 0 aliphatic heterocycles. The van der Waals surface area contributed by atoms with Gasteiger partial charge in [-0.1, -0.05) is 152 Å². The Morgan fingerprint density at radius 1 is 0.346 bits per heavy atom. The maximum Gasteiger partial charge on any atom is 0.0934 e. The van der Waals surface area contributed by atoms with Crippen molar-refractivity contribution < 1.29 is 0 Å². The molecule has 8 aromatic carbocycles. The van der Waals surface area contributed by atoms with Crippen molar-refractivity contribution >= 4 is 32.6 Å². The Morgan fingerprint density at radius 2 is 0.942 bits per heavy atom. The molecule has 0 saturated carbocycles. The smallest absolute Gasteiger partial charge is 0.0934 e.